The number of hydrogen-bond acceptors (Lipinski definition) is 10. The Morgan fingerprint density at radius 1 is 1.57 bits per heavy atom. The lowest BCUT2D eigenvalue weighted by atomic mass is 10.2. The lowest BCUT2D eigenvalue weighted by Crippen LogP contribution is -2.28. The molecule has 1 aromatic heterocycles. The van der Waals surface area contributed by atoms with Crippen molar-refractivity contribution in [3.8, 4) is 0 Å². The van der Waals surface area contributed by atoms with Gasteiger partial charge < -0.3 is 20.7 Å². The van der Waals surface area contributed by atoms with E-state index >= 15 is 0 Å². The highest BCUT2D eigenvalue weighted by Gasteiger charge is 2.35. The van der Waals surface area contributed by atoms with Crippen LogP contribution in [0.1, 0.15) is 19.6 Å². The van der Waals surface area contributed by atoms with E-state index in [9.17, 15) is 18.3 Å². The molecule has 0 bridgehead atoms. The fraction of sp³-hybridized carbons (Fsp3) is 0.727. The summed E-state index contributed by atoms with van der Waals surface area (Å²) in [6.07, 6.45) is 0.283. The summed E-state index contributed by atoms with van der Waals surface area (Å²) in [4.78, 5) is 18.5. The Balaban J connectivity index is 0.000000322. The van der Waals surface area contributed by atoms with Gasteiger partial charge in [-0.25, -0.2) is 9.78 Å². The second-order valence-electron chi connectivity index (χ2n) is 4.63. The Labute approximate surface area is 132 Å². The maximum absolute atomic E-state index is 11.4. The molecule has 0 amide bonds. The summed E-state index contributed by atoms with van der Waals surface area (Å²) >= 11 is 0. The van der Waals surface area contributed by atoms with Crippen LogP contribution in [-0.4, -0.2) is 64.8 Å². The van der Waals surface area contributed by atoms with Crippen LogP contribution in [0, 0.1) is 0 Å². The molecule has 0 aliphatic carbocycles. The van der Waals surface area contributed by atoms with E-state index in [4.69, 9.17) is 15.6 Å². The molecule has 1 aromatic rings. The van der Waals surface area contributed by atoms with Crippen molar-refractivity contribution in [2.45, 2.75) is 31.8 Å². The van der Waals surface area contributed by atoms with Crippen LogP contribution in [0.5, 0.6) is 0 Å². The summed E-state index contributed by atoms with van der Waals surface area (Å²) in [6.45, 7) is 1.54. The first-order valence-corrected chi connectivity index (χ1v) is 8.49. The van der Waals surface area contributed by atoms with Gasteiger partial charge in [-0.15, -0.1) is 0 Å². The van der Waals surface area contributed by atoms with Crippen LogP contribution in [-0.2, 0) is 19.0 Å². The SMILES string of the molecule is CCOS(C)(=O)=O.Nc1ncn([C@H]2C[C@H](O)[C@@H](CO)O2)c(=O)n1. The van der Waals surface area contributed by atoms with E-state index in [0.717, 1.165) is 10.8 Å². The van der Waals surface area contributed by atoms with Crippen LogP contribution in [0.3, 0.4) is 0 Å². The van der Waals surface area contributed by atoms with Crippen LogP contribution in [0.4, 0.5) is 5.95 Å². The molecular formula is C11H20N4O7S. The smallest absolute Gasteiger partial charge is 0.354 e. The highest BCUT2D eigenvalue weighted by molar-refractivity contribution is 7.85. The van der Waals surface area contributed by atoms with Crippen molar-refractivity contribution in [2.75, 3.05) is 25.2 Å². The van der Waals surface area contributed by atoms with Gasteiger partial charge in [0.15, 0.2) is 0 Å². The standard InChI is InChI=1S/C8H12N4O4.C3H8O3S/c9-7-10-3-12(8(15)11-7)6-1-4(14)5(2-13)16-6;1-3-6-7(2,4)5/h3-6,13-14H,1-2H2,(H2,9,11,15);3H2,1-2H3/t4-,5+,6+;/m0./s1. The van der Waals surface area contributed by atoms with Crippen LogP contribution in [0.15, 0.2) is 11.1 Å². The Hall–Kier alpha value is -1.60. The van der Waals surface area contributed by atoms with E-state index < -0.39 is 34.2 Å². The predicted molar refractivity (Wildman–Crippen MR) is 78.8 cm³/mol. The summed E-state index contributed by atoms with van der Waals surface area (Å²) < 4.78 is 30.6. The molecule has 0 spiro atoms. The van der Waals surface area contributed by atoms with Crippen molar-refractivity contribution in [3.05, 3.63) is 16.8 Å². The number of ether oxygens (including phenoxy) is 1. The zero-order valence-corrected chi connectivity index (χ0v) is 13.5. The van der Waals surface area contributed by atoms with E-state index in [2.05, 4.69) is 14.2 Å². The number of anilines is 1. The number of nitrogens with zero attached hydrogens (tertiary/aromatic N) is 3. The largest absolute Gasteiger partial charge is 0.394 e. The van der Waals surface area contributed by atoms with Crippen molar-refractivity contribution in [3.63, 3.8) is 0 Å². The Kier molecular flexibility index (Phi) is 7.02. The fourth-order valence-corrected chi connectivity index (χ4v) is 2.25. The second-order valence-corrected chi connectivity index (χ2v) is 6.27. The molecule has 12 heteroatoms. The maximum Gasteiger partial charge on any atom is 0.354 e. The second kappa shape index (κ2) is 8.31. The quantitative estimate of drug-likeness (QED) is 0.508. The lowest BCUT2D eigenvalue weighted by Gasteiger charge is -2.13. The van der Waals surface area contributed by atoms with Crippen molar-refractivity contribution in [1.82, 2.24) is 14.5 Å². The highest BCUT2D eigenvalue weighted by atomic mass is 32.2. The molecule has 2 rings (SSSR count). The van der Waals surface area contributed by atoms with Crippen LogP contribution >= 0.6 is 0 Å². The van der Waals surface area contributed by atoms with Gasteiger partial charge in [-0.1, -0.05) is 0 Å². The molecule has 1 aliphatic rings. The minimum absolute atomic E-state index is 0.112. The molecule has 3 atom stereocenters. The molecule has 23 heavy (non-hydrogen) atoms. The minimum Gasteiger partial charge on any atom is -0.394 e. The summed E-state index contributed by atoms with van der Waals surface area (Å²) in [5.74, 6) is -0.112. The molecule has 0 aromatic carbocycles. The molecule has 1 fully saturated rings. The molecule has 0 saturated carbocycles. The van der Waals surface area contributed by atoms with Crippen molar-refractivity contribution in [2.24, 2.45) is 0 Å². The van der Waals surface area contributed by atoms with Gasteiger partial charge in [-0.05, 0) is 6.92 Å². The first-order valence-electron chi connectivity index (χ1n) is 6.67. The van der Waals surface area contributed by atoms with Crippen molar-refractivity contribution < 1.29 is 27.6 Å². The molecule has 132 valence electrons. The van der Waals surface area contributed by atoms with Crippen LogP contribution < -0.4 is 11.4 Å². The average Bonchev–Trinajstić information content (AvgIpc) is 2.79. The third-order valence-electron chi connectivity index (χ3n) is 2.77. The Morgan fingerprint density at radius 3 is 2.61 bits per heavy atom. The normalized spacial score (nSPS) is 24.1. The molecule has 4 N–H and O–H groups in total. The van der Waals surface area contributed by atoms with E-state index in [1.807, 2.05) is 0 Å². The maximum atomic E-state index is 11.4. The average molecular weight is 352 g/mol. The third-order valence-corrected chi connectivity index (χ3v) is 3.44. The Bertz CT molecular complexity index is 663. The van der Waals surface area contributed by atoms with Gasteiger partial charge in [-0.2, -0.15) is 13.4 Å². The van der Waals surface area contributed by atoms with Gasteiger partial charge in [0.1, 0.15) is 18.7 Å². The molecule has 11 nitrogen and oxygen atoms in total. The van der Waals surface area contributed by atoms with Crippen LogP contribution in [0.2, 0.25) is 0 Å². The van der Waals surface area contributed by atoms with Gasteiger partial charge in [0.05, 0.1) is 25.6 Å². The third kappa shape index (κ3) is 6.19. The number of aliphatic hydroxyl groups excluding tert-OH is 2. The zero-order valence-electron chi connectivity index (χ0n) is 12.7. The number of hydrogen-bond donors (Lipinski definition) is 3. The number of nitrogens with two attached hydrogens (primary N) is 1. The van der Waals surface area contributed by atoms with Gasteiger partial charge in [0, 0.05) is 6.42 Å². The number of nitrogen functional groups attached to an aromatic ring is 1. The number of rotatable bonds is 4. The highest BCUT2D eigenvalue weighted by Crippen LogP contribution is 2.26. The zero-order chi connectivity index (χ0) is 17.6. The molecule has 1 aliphatic heterocycles. The van der Waals surface area contributed by atoms with Crippen molar-refractivity contribution in [1.29, 1.82) is 0 Å². The predicted octanol–water partition coefficient (Wildman–Crippen LogP) is -2.16. The van der Waals surface area contributed by atoms with E-state index in [-0.39, 0.29) is 25.6 Å². The van der Waals surface area contributed by atoms with Crippen LogP contribution in [0.25, 0.3) is 0 Å². The first kappa shape index (κ1) is 19.4. The molecular weight excluding hydrogens is 332 g/mol. The molecule has 2 heterocycles. The molecule has 0 unspecified atom stereocenters. The van der Waals surface area contributed by atoms with Gasteiger partial charge >= 0.3 is 5.69 Å². The van der Waals surface area contributed by atoms with Gasteiger partial charge in [-0.3, -0.25) is 8.75 Å². The fourth-order valence-electron chi connectivity index (χ4n) is 1.82. The summed E-state index contributed by atoms with van der Waals surface area (Å²) in [6, 6.07) is 0. The van der Waals surface area contributed by atoms with E-state index in [1.54, 1.807) is 6.92 Å². The summed E-state index contributed by atoms with van der Waals surface area (Å²) in [7, 11) is -3.17. The van der Waals surface area contributed by atoms with Crippen molar-refractivity contribution >= 4 is 16.1 Å². The molecule has 0 radical (unpaired) electrons. The number of aliphatic hydroxyl groups is 2. The number of aromatic nitrogens is 3. The Morgan fingerprint density at radius 2 is 2.22 bits per heavy atom. The summed E-state index contributed by atoms with van der Waals surface area (Å²) in [5, 5.41) is 18.4. The first-order chi connectivity index (χ1) is 10.7. The van der Waals surface area contributed by atoms with Gasteiger partial charge in [0.2, 0.25) is 5.95 Å². The molecule has 1 saturated heterocycles. The summed E-state index contributed by atoms with van der Waals surface area (Å²) in [5.41, 5.74) is 4.65. The topological polar surface area (TPSA) is 167 Å². The lowest BCUT2D eigenvalue weighted by molar-refractivity contribution is -0.0462. The van der Waals surface area contributed by atoms with E-state index in [1.165, 1.54) is 6.33 Å². The monoisotopic (exact) mass is 352 g/mol. The van der Waals surface area contributed by atoms with Gasteiger partial charge in [0.25, 0.3) is 10.1 Å². The van der Waals surface area contributed by atoms with E-state index in [0.29, 0.717) is 0 Å². The minimum atomic E-state index is -3.17.